The van der Waals surface area contributed by atoms with Crippen LogP contribution >= 0.6 is 0 Å². The van der Waals surface area contributed by atoms with Gasteiger partial charge in [0.15, 0.2) is 0 Å². The Labute approximate surface area is 238 Å². The van der Waals surface area contributed by atoms with Crippen molar-refractivity contribution in [1.82, 2.24) is 24.6 Å². The van der Waals surface area contributed by atoms with Crippen LogP contribution in [-0.4, -0.2) is 82.4 Å². The van der Waals surface area contributed by atoms with Crippen LogP contribution in [0.4, 0.5) is 22.1 Å². The summed E-state index contributed by atoms with van der Waals surface area (Å²) in [4.78, 5) is 23.0. The maximum absolute atomic E-state index is 11.4. The molecular formula is C29H34N8O4. The topological polar surface area (TPSA) is 153 Å². The first-order chi connectivity index (χ1) is 20.0. The number of nitrogens with one attached hydrogen (secondary N) is 2. The van der Waals surface area contributed by atoms with E-state index >= 15 is 0 Å². The summed E-state index contributed by atoms with van der Waals surface area (Å²) in [7, 11) is 1.51. The fourth-order valence-electron chi connectivity index (χ4n) is 4.73. The van der Waals surface area contributed by atoms with Crippen LogP contribution in [0.25, 0.3) is 22.5 Å². The van der Waals surface area contributed by atoms with E-state index in [4.69, 9.17) is 25.3 Å². The van der Waals surface area contributed by atoms with Crippen LogP contribution in [0, 0.1) is 0 Å². The monoisotopic (exact) mass is 558 g/mol. The van der Waals surface area contributed by atoms with Gasteiger partial charge in [0.05, 0.1) is 44.9 Å². The molecule has 0 radical (unpaired) electrons. The molecule has 2 aromatic heterocycles. The Morgan fingerprint density at radius 3 is 2.78 bits per heavy atom. The summed E-state index contributed by atoms with van der Waals surface area (Å²) in [5.74, 6) is 0.884. The molecule has 0 unspecified atom stereocenters. The summed E-state index contributed by atoms with van der Waals surface area (Å²) in [5, 5.41) is 20.1. The Hall–Kier alpha value is -4.52. The molecule has 12 heteroatoms. The SMILES string of the molecule is COc1cc(-c2nn(CCO)cc2-c2ccnc(Nc3cccc(CCN4CCOCC4)c3)n2)ccc1NC(N)=O. The van der Waals surface area contributed by atoms with Gasteiger partial charge in [-0.3, -0.25) is 9.58 Å². The van der Waals surface area contributed by atoms with Gasteiger partial charge in [0.25, 0.3) is 0 Å². The second-order valence-corrected chi connectivity index (χ2v) is 9.58. The molecule has 0 bridgehead atoms. The molecule has 3 heterocycles. The molecule has 41 heavy (non-hydrogen) atoms. The minimum Gasteiger partial charge on any atom is -0.495 e. The van der Waals surface area contributed by atoms with E-state index in [0.717, 1.165) is 56.1 Å². The second-order valence-electron chi connectivity index (χ2n) is 9.58. The van der Waals surface area contributed by atoms with Crippen LogP contribution in [0.2, 0.25) is 0 Å². The van der Waals surface area contributed by atoms with Crippen LogP contribution in [0.1, 0.15) is 5.56 Å². The highest BCUT2D eigenvalue weighted by Crippen LogP contribution is 2.35. The Morgan fingerprint density at radius 1 is 1.15 bits per heavy atom. The lowest BCUT2D eigenvalue weighted by Crippen LogP contribution is -2.37. The van der Waals surface area contributed by atoms with Crippen molar-refractivity contribution in [2.45, 2.75) is 13.0 Å². The number of aliphatic hydroxyl groups is 1. The zero-order valence-corrected chi connectivity index (χ0v) is 22.9. The van der Waals surface area contributed by atoms with Crippen LogP contribution in [0.5, 0.6) is 5.75 Å². The smallest absolute Gasteiger partial charge is 0.316 e. The molecule has 0 saturated carbocycles. The molecule has 1 aliphatic rings. The highest BCUT2D eigenvalue weighted by molar-refractivity contribution is 5.91. The van der Waals surface area contributed by atoms with Crippen molar-refractivity contribution < 1.29 is 19.4 Å². The van der Waals surface area contributed by atoms with Gasteiger partial charge in [-0.1, -0.05) is 18.2 Å². The van der Waals surface area contributed by atoms with E-state index in [9.17, 15) is 9.90 Å². The molecule has 5 rings (SSSR count). The largest absolute Gasteiger partial charge is 0.495 e. The van der Waals surface area contributed by atoms with Crippen LogP contribution < -0.4 is 21.1 Å². The lowest BCUT2D eigenvalue weighted by Gasteiger charge is -2.26. The van der Waals surface area contributed by atoms with Crippen molar-refractivity contribution >= 4 is 23.4 Å². The summed E-state index contributed by atoms with van der Waals surface area (Å²) in [6.07, 6.45) is 4.48. The summed E-state index contributed by atoms with van der Waals surface area (Å²) in [5.41, 5.74) is 10.6. The molecule has 12 nitrogen and oxygen atoms in total. The summed E-state index contributed by atoms with van der Waals surface area (Å²) in [6, 6.07) is 14.7. The van der Waals surface area contributed by atoms with E-state index in [1.807, 2.05) is 30.5 Å². The number of hydrogen-bond donors (Lipinski definition) is 4. The van der Waals surface area contributed by atoms with Gasteiger partial charge in [0.1, 0.15) is 11.4 Å². The van der Waals surface area contributed by atoms with E-state index in [1.165, 1.54) is 12.7 Å². The number of nitrogens with zero attached hydrogens (tertiary/aromatic N) is 5. The maximum atomic E-state index is 11.4. The number of carbonyl (C=O) groups is 1. The first kappa shape index (κ1) is 28.0. The number of anilines is 3. The number of ether oxygens (including phenoxy) is 2. The number of hydrogen-bond acceptors (Lipinski definition) is 9. The lowest BCUT2D eigenvalue weighted by molar-refractivity contribution is 0.0384. The second kappa shape index (κ2) is 13.2. The standard InChI is InChI=1S/C29H34N8O4/c1-40-26-18-21(5-6-25(26)33-28(30)39)27-23(19-37(35-27)11-14-38)24-7-9-31-29(34-24)32-22-4-2-3-20(17-22)8-10-36-12-15-41-16-13-36/h2-7,9,17-19,38H,8,10-16H2,1H3,(H3,30,33,39)(H,31,32,34). The summed E-state index contributed by atoms with van der Waals surface area (Å²) < 4.78 is 12.6. The van der Waals surface area contributed by atoms with Crippen molar-refractivity contribution in [3.05, 3.63) is 66.5 Å². The number of carbonyl (C=O) groups excluding carboxylic acids is 1. The van der Waals surface area contributed by atoms with Crippen molar-refractivity contribution in [3.63, 3.8) is 0 Å². The zero-order valence-electron chi connectivity index (χ0n) is 22.9. The summed E-state index contributed by atoms with van der Waals surface area (Å²) in [6.45, 7) is 4.77. The lowest BCUT2D eigenvalue weighted by atomic mass is 10.0. The molecule has 4 aromatic rings. The third-order valence-corrected chi connectivity index (χ3v) is 6.76. The number of rotatable bonds is 11. The third-order valence-electron chi connectivity index (χ3n) is 6.76. The number of methoxy groups -OCH3 is 1. The summed E-state index contributed by atoms with van der Waals surface area (Å²) >= 11 is 0. The highest BCUT2D eigenvalue weighted by Gasteiger charge is 2.18. The number of primary amides is 1. The van der Waals surface area contributed by atoms with Crippen molar-refractivity contribution in [2.75, 3.05) is 57.2 Å². The van der Waals surface area contributed by atoms with Gasteiger partial charge in [-0.15, -0.1) is 0 Å². The van der Waals surface area contributed by atoms with Gasteiger partial charge < -0.3 is 30.9 Å². The van der Waals surface area contributed by atoms with Gasteiger partial charge in [-0.2, -0.15) is 5.10 Å². The van der Waals surface area contributed by atoms with E-state index in [1.54, 1.807) is 23.0 Å². The van der Waals surface area contributed by atoms with E-state index in [-0.39, 0.29) is 6.61 Å². The molecular weight excluding hydrogens is 524 g/mol. The van der Waals surface area contributed by atoms with Gasteiger partial charge in [-0.25, -0.2) is 14.8 Å². The van der Waals surface area contributed by atoms with Crippen LogP contribution in [-0.2, 0) is 17.7 Å². The molecule has 1 aliphatic heterocycles. The average molecular weight is 559 g/mol. The van der Waals surface area contributed by atoms with Gasteiger partial charge >= 0.3 is 6.03 Å². The first-order valence-electron chi connectivity index (χ1n) is 13.4. The average Bonchev–Trinajstić information content (AvgIpc) is 3.41. The Bertz CT molecular complexity index is 1490. The van der Waals surface area contributed by atoms with Gasteiger partial charge in [0, 0.05) is 48.8 Å². The number of nitrogens with two attached hydrogens (primary N) is 1. The highest BCUT2D eigenvalue weighted by atomic mass is 16.5. The molecule has 0 atom stereocenters. The van der Waals surface area contributed by atoms with E-state index in [2.05, 4.69) is 32.7 Å². The number of aromatic nitrogens is 4. The Kier molecular flexibility index (Phi) is 9.04. The Morgan fingerprint density at radius 2 is 2.00 bits per heavy atom. The predicted molar refractivity (Wildman–Crippen MR) is 156 cm³/mol. The molecule has 1 saturated heterocycles. The van der Waals surface area contributed by atoms with Crippen molar-refractivity contribution in [3.8, 4) is 28.3 Å². The molecule has 2 amide bonds. The normalized spacial score (nSPS) is 13.6. The third kappa shape index (κ3) is 7.17. The molecule has 0 aliphatic carbocycles. The Balaban J connectivity index is 1.39. The molecule has 1 fully saturated rings. The first-order valence-corrected chi connectivity index (χ1v) is 13.4. The number of morpholine rings is 1. The zero-order chi connectivity index (χ0) is 28.6. The van der Waals surface area contributed by atoms with Gasteiger partial charge in [-0.05, 0) is 42.3 Å². The minimum atomic E-state index is -0.687. The van der Waals surface area contributed by atoms with Crippen molar-refractivity contribution in [2.24, 2.45) is 5.73 Å². The number of benzene rings is 2. The molecule has 5 N–H and O–H groups in total. The fourth-order valence-corrected chi connectivity index (χ4v) is 4.73. The minimum absolute atomic E-state index is 0.0657. The fraction of sp³-hybridized carbons (Fsp3) is 0.310. The quantitative estimate of drug-likeness (QED) is 0.217. The number of urea groups is 1. The predicted octanol–water partition coefficient (Wildman–Crippen LogP) is 3.12. The van der Waals surface area contributed by atoms with Crippen LogP contribution in [0.3, 0.4) is 0 Å². The van der Waals surface area contributed by atoms with Crippen molar-refractivity contribution in [1.29, 1.82) is 0 Å². The van der Waals surface area contributed by atoms with Crippen LogP contribution in [0.15, 0.2) is 60.9 Å². The molecule has 2 aromatic carbocycles. The van der Waals surface area contributed by atoms with Gasteiger partial charge in [0.2, 0.25) is 5.95 Å². The number of aliphatic hydroxyl groups excluding tert-OH is 1. The molecule has 214 valence electrons. The van der Waals surface area contributed by atoms with E-state index in [0.29, 0.717) is 35.3 Å². The molecule has 0 spiro atoms. The maximum Gasteiger partial charge on any atom is 0.316 e. The van der Waals surface area contributed by atoms with E-state index < -0.39 is 6.03 Å². The number of amides is 2.